The smallest absolute Gasteiger partial charge is 0.136 e. The van der Waals surface area contributed by atoms with Gasteiger partial charge in [-0.3, -0.25) is 0 Å². The summed E-state index contributed by atoms with van der Waals surface area (Å²) in [7, 11) is 0. The van der Waals surface area contributed by atoms with Gasteiger partial charge in [0.25, 0.3) is 0 Å². The Morgan fingerprint density at radius 3 is 2.76 bits per heavy atom. The number of unbranched alkanes of at least 4 members (excludes halogenated alkanes) is 3. The van der Waals surface area contributed by atoms with Crippen LogP contribution in [0.2, 0.25) is 0 Å². The fourth-order valence-electron chi connectivity index (χ4n) is 3.01. The van der Waals surface area contributed by atoms with Crippen molar-refractivity contribution in [2.75, 3.05) is 18.4 Å². The van der Waals surface area contributed by atoms with E-state index < -0.39 is 0 Å². The van der Waals surface area contributed by atoms with Gasteiger partial charge >= 0.3 is 0 Å². The van der Waals surface area contributed by atoms with E-state index in [1.807, 2.05) is 0 Å². The number of hydrogen-bond donors (Lipinski definition) is 2. The third-order valence-electron chi connectivity index (χ3n) is 4.34. The average molecular weight is 288 g/mol. The predicted molar refractivity (Wildman–Crippen MR) is 88.9 cm³/mol. The molecule has 116 valence electrons. The lowest BCUT2D eigenvalue weighted by atomic mass is 9.87. The fraction of sp³-hybridized carbons (Fsp3) is 0.611. The lowest BCUT2D eigenvalue weighted by molar-refractivity contribution is -0.110. The Hall–Kier alpha value is -1.35. The first-order chi connectivity index (χ1) is 10.3. The highest BCUT2D eigenvalue weighted by Crippen LogP contribution is 2.28. The largest absolute Gasteiger partial charge is 0.385 e. The Morgan fingerprint density at radius 1 is 1.24 bits per heavy atom. The molecule has 0 aromatic heterocycles. The minimum atomic E-state index is 0.0279. The van der Waals surface area contributed by atoms with E-state index in [1.165, 1.54) is 36.9 Å². The number of nitrogens with one attached hydrogen (secondary N) is 2. The molecular weight excluding hydrogens is 260 g/mol. The van der Waals surface area contributed by atoms with Gasteiger partial charge < -0.3 is 15.4 Å². The standard InChI is InChI=1S/C18H28N2O/c1-2-3-4-5-11-19-17-8-6-15(7-9-17)16-10-12-20-18(13-16)14-21/h6-9,14,16,18-20H,2-5,10-13H2,1H3/t16-,18+/m1/s1. The minimum Gasteiger partial charge on any atom is -0.385 e. The van der Waals surface area contributed by atoms with Gasteiger partial charge in [0.05, 0.1) is 6.04 Å². The highest BCUT2D eigenvalue weighted by molar-refractivity contribution is 5.58. The maximum Gasteiger partial charge on any atom is 0.136 e. The SMILES string of the molecule is CCCCCCNc1ccc([C@@H]2CCN[C@H](C=O)C2)cc1. The summed E-state index contributed by atoms with van der Waals surface area (Å²) in [5.74, 6) is 0.514. The zero-order chi connectivity index (χ0) is 14.9. The molecule has 1 aromatic rings. The summed E-state index contributed by atoms with van der Waals surface area (Å²) in [4.78, 5) is 10.9. The fourth-order valence-corrected chi connectivity index (χ4v) is 3.01. The first-order valence-electron chi connectivity index (χ1n) is 8.36. The second-order valence-electron chi connectivity index (χ2n) is 6.03. The van der Waals surface area contributed by atoms with Gasteiger partial charge in [-0.15, -0.1) is 0 Å². The van der Waals surface area contributed by atoms with Crippen molar-refractivity contribution in [3.63, 3.8) is 0 Å². The summed E-state index contributed by atoms with van der Waals surface area (Å²) in [6.07, 6.45) is 8.25. The second-order valence-corrected chi connectivity index (χ2v) is 6.03. The van der Waals surface area contributed by atoms with Crippen LogP contribution in [-0.4, -0.2) is 25.4 Å². The summed E-state index contributed by atoms with van der Waals surface area (Å²) in [5.41, 5.74) is 2.57. The van der Waals surface area contributed by atoms with Crippen LogP contribution in [0.1, 0.15) is 56.9 Å². The lowest BCUT2D eigenvalue weighted by Crippen LogP contribution is -2.38. The average Bonchev–Trinajstić information content (AvgIpc) is 2.55. The Labute approximate surface area is 128 Å². The molecule has 0 bridgehead atoms. The van der Waals surface area contributed by atoms with Crippen LogP contribution in [0, 0.1) is 0 Å². The highest BCUT2D eigenvalue weighted by atomic mass is 16.1. The molecule has 0 spiro atoms. The quantitative estimate of drug-likeness (QED) is 0.566. The number of anilines is 1. The van der Waals surface area contributed by atoms with Crippen LogP contribution in [-0.2, 0) is 4.79 Å². The Morgan fingerprint density at radius 2 is 2.05 bits per heavy atom. The molecule has 0 radical (unpaired) electrons. The van der Waals surface area contributed by atoms with Crippen molar-refractivity contribution in [1.29, 1.82) is 0 Å². The molecule has 2 atom stereocenters. The van der Waals surface area contributed by atoms with E-state index in [0.717, 1.165) is 32.2 Å². The Balaban J connectivity index is 1.79. The summed E-state index contributed by atoms with van der Waals surface area (Å²) >= 11 is 0. The molecule has 0 aliphatic carbocycles. The van der Waals surface area contributed by atoms with Crippen LogP contribution in [0.15, 0.2) is 24.3 Å². The van der Waals surface area contributed by atoms with Crippen LogP contribution in [0.4, 0.5) is 5.69 Å². The molecule has 2 rings (SSSR count). The maximum absolute atomic E-state index is 10.9. The molecule has 3 nitrogen and oxygen atoms in total. The predicted octanol–water partition coefficient (Wildman–Crippen LogP) is 3.71. The summed E-state index contributed by atoms with van der Waals surface area (Å²) in [6.45, 7) is 4.23. The van der Waals surface area contributed by atoms with Crippen molar-refractivity contribution in [3.05, 3.63) is 29.8 Å². The number of benzene rings is 1. The number of hydrogen-bond acceptors (Lipinski definition) is 3. The number of carbonyl (C=O) groups is 1. The lowest BCUT2D eigenvalue weighted by Gasteiger charge is -2.27. The Bertz CT molecular complexity index is 416. The van der Waals surface area contributed by atoms with E-state index in [4.69, 9.17) is 0 Å². The van der Waals surface area contributed by atoms with E-state index in [2.05, 4.69) is 41.8 Å². The van der Waals surface area contributed by atoms with Crippen molar-refractivity contribution < 1.29 is 4.79 Å². The minimum absolute atomic E-state index is 0.0279. The zero-order valence-corrected chi connectivity index (χ0v) is 13.1. The number of piperidine rings is 1. The highest BCUT2D eigenvalue weighted by Gasteiger charge is 2.21. The summed E-state index contributed by atoms with van der Waals surface area (Å²) in [6, 6.07) is 8.80. The second kappa shape index (κ2) is 8.83. The molecule has 0 saturated carbocycles. The van der Waals surface area contributed by atoms with Gasteiger partial charge in [-0.2, -0.15) is 0 Å². The molecule has 1 fully saturated rings. The molecule has 0 amide bonds. The first kappa shape index (κ1) is 16.0. The van der Waals surface area contributed by atoms with Crippen LogP contribution in [0.3, 0.4) is 0 Å². The summed E-state index contributed by atoms with van der Waals surface area (Å²) in [5, 5.41) is 6.73. The van der Waals surface area contributed by atoms with Crippen molar-refractivity contribution in [2.24, 2.45) is 0 Å². The van der Waals surface area contributed by atoms with E-state index in [-0.39, 0.29) is 6.04 Å². The van der Waals surface area contributed by atoms with Crippen molar-refractivity contribution in [2.45, 2.75) is 57.4 Å². The van der Waals surface area contributed by atoms with Crippen molar-refractivity contribution >= 4 is 12.0 Å². The van der Waals surface area contributed by atoms with Gasteiger partial charge in [0.2, 0.25) is 0 Å². The molecule has 0 unspecified atom stereocenters. The van der Waals surface area contributed by atoms with Crippen molar-refractivity contribution in [3.8, 4) is 0 Å². The van der Waals surface area contributed by atoms with E-state index in [1.54, 1.807) is 0 Å². The molecule has 1 saturated heterocycles. The molecule has 1 aliphatic heterocycles. The molecule has 2 N–H and O–H groups in total. The molecule has 21 heavy (non-hydrogen) atoms. The molecular formula is C18H28N2O. The van der Waals surface area contributed by atoms with Crippen LogP contribution >= 0.6 is 0 Å². The first-order valence-corrected chi connectivity index (χ1v) is 8.36. The molecule has 1 aliphatic rings. The summed E-state index contributed by atoms with van der Waals surface area (Å²) < 4.78 is 0. The van der Waals surface area contributed by atoms with Gasteiger partial charge in [0, 0.05) is 12.2 Å². The third-order valence-corrected chi connectivity index (χ3v) is 4.34. The topological polar surface area (TPSA) is 41.1 Å². The third kappa shape index (κ3) is 5.16. The van der Waals surface area contributed by atoms with Gasteiger partial charge in [-0.25, -0.2) is 0 Å². The van der Waals surface area contributed by atoms with Crippen LogP contribution in [0.5, 0.6) is 0 Å². The monoisotopic (exact) mass is 288 g/mol. The number of carbonyl (C=O) groups excluding carboxylic acids is 1. The normalized spacial score (nSPS) is 22.0. The van der Waals surface area contributed by atoms with Gasteiger partial charge in [-0.05, 0) is 49.4 Å². The van der Waals surface area contributed by atoms with E-state index >= 15 is 0 Å². The number of aldehydes is 1. The van der Waals surface area contributed by atoms with Crippen LogP contribution in [0.25, 0.3) is 0 Å². The molecule has 3 heteroatoms. The molecule has 1 aromatic carbocycles. The molecule has 1 heterocycles. The van der Waals surface area contributed by atoms with Crippen molar-refractivity contribution in [1.82, 2.24) is 5.32 Å². The van der Waals surface area contributed by atoms with Crippen LogP contribution < -0.4 is 10.6 Å². The van der Waals surface area contributed by atoms with E-state index in [0.29, 0.717) is 5.92 Å². The van der Waals surface area contributed by atoms with Gasteiger partial charge in [0.1, 0.15) is 6.29 Å². The van der Waals surface area contributed by atoms with Gasteiger partial charge in [0.15, 0.2) is 0 Å². The zero-order valence-electron chi connectivity index (χ0n) is 13.1. The van der Waals surface area contributed by atoms with Gasteiger partial charge in [-0.1, -0.05) is 38.3 Å². The number of rotatable bonds is 8. The van der Waals surface area contributed by atoms with E-state index in [9.17, 15) is 4.79 Å². The Kier molecular flexibility index (Phi) is 6.74. The maximum atomic E-state index is 10.9.